The van der Waals surface area contributed by atoms with E-state index in [0.717, 1.165) is 12.2 Å². The molecule has 1 N–H and O–H groups in total. The lowest BCUT2D eigenvalue weighted by Crippen LogP contribution is -2.39. The average molecular weight is 310 g/mol. The number of hydrogen-bond donors (Lipinski definition) is 1. The van der Waals surface area contributed by atoms with Crippen LogP contribution in [0.15, 0.2) is 29.2 Å². The Bertz CT molecular complexity index is 546. The summed E-state index contributed by atoms with van der Waals surface area (Å²) in [5.74, 6) is 0.683. The standard InChI is InChI=1S/C16H26N2O2S/c1-4-18-11-9-14(10-12-18)13(2)17-15-5-7-16(8-6-15)21(3,19)20/h5-8,13-14,17H,4,9-12H2,1-3H3. The fourth-order valence-electron chi connectivity index (χ4n) is 2.95. The zero-order valence-electron chi connectivity index (χ0n) is 13.2. The predicted octanol–water partition coefficient (Wildman–Crippen LogP) is 2.62. The fraction of sp³-hybridized carbons (Fsp3) is 0.625. The van der Waals surface area contributed by atoms with Crippen LogP contribution in [0.2, 0.25) is 0 Å². The molecule has 1 fully saturated rings. The number of sulfone groups is 1. The van der Waals surface area contributed by atoms with Crippen molar-refractivity contribution in [2.24, 2.45) is 5.92 Å². The van der Waals surface area contributed by atoms with Gasteiger partial charge >= 0.3 is 0 Å². The van der Waals surface area contributed by atoms with Gasteiger partial charge < -0.3 is 10.2 Å². The molecule has 1 unspecified atom stereocenters. The minimum atomic E-state index is -3.11. The summed E-state index contributed by atoms with van der Waals surface area (Å²) < 4.78 is 22.9. The number of nitrogens with one attached hydrogen (secondary N) is 1. The molecule has 0 spiro atoms. The highest BCUT2D eigenvalue weighted by atomic mass is 32.2. The van der Waals surface area contributed by atoms with Gasteiger partial charge in [0.25, 0.3) is 0 Å². The van der Waals surface area contributed by atoms with Gasteiger partial charge in [-0.25, -0.2) is 8.42 Å². The third-order valence-electron chi connectivity index (χ3n) is 4.46. The van der Waals surface area contributed by atoms with Crippen LogP contribution in [-0.4, -0.2) is 45.2 Å². The molecule has 1 saturated heterocycles. The van der Waals surface area contributed by atoms with E-state index in [9.17, 15) is 8.42 Å². The highest BCUT2D eigenvalue weighted by Crippen LogP contribution is 2.23. The van der Waals surface area contributed by atoms with Gasteiger partial charge in [-0.1, -0.05) is 6.92 Å². The van der Waals surface area contributed by atoms with E-state index in [0.29, 0.717) is 16.9 Å². The maximum absolute atomic E-state index is 11.4. The zero-order valence-corrected chi connectivity index (χ0v) is 14.0. The van der Waals surface area contributed by atoms with Gasteiger partial charge in [-0.3, -0.25) is 0 Å². The molecular formula is C16H26N2O2S. The van der Waals surface area contributed by atoms with Gasteiger partial charge in [-0.2, -0.15) is 0 Å². The topological polar surface area (TPSA) is 49.4 Å². The number of benzene rings is 1. The lowest BCUT2D eigenvalue weighted by atomic mass is 9.90. The fourth-order valence-corrected chi connectivity index (χ4v) is 3.58. The lowest BCUT2D eigenvalue weighted by Gasteiger charge is -2.34. The molecule has 1 atom stereocenters. The summed E-state index contributed by atoms with van der Waals surface area (Å²) in [4.78, 5) is 2.86. The van der Waals surface area contributed by atoms with Gasteiger partial charge in [0.1, 0.15) is 0 Å². The average Bonchev–Trinajstić information content (AvgIpc) is 2.47. The molecule has 1 aliphatic rings. The molecule has 4 nitrogen and oxygen atoms in total. The van der Waals surface area contributed by atoms with Crippen LogP contribution in [0.5, 0.6) is 0 Å². The molecule has 118 valence electrons. The van der Waals surface area contributed by atoms with Crippen LogP contribution in [0.1, 0.15) is 26.7 Å². The normalized spacial score (nSPS) is 19.4. The number of hydrogen-bond acceptors (Lipinski definition) is 4. The van der Waals surface area contributed by atoms with E-state index in [1.807, 2.05) is 12.1 Å². The van der Waals surface area contributed by atoms with Crippen molar-refractivity contribution >= 4 is 15.5 Å². The molecule has 0 aliphatic carbocycles. The summed E-state index contributed by atoms with van der Waals surface area (Å²) >= 11 is 0. The Labute approximate surface area is 128 Å². The van der Waals surface area contributed by atoms with Crippen molar-refractivity contribution in [3.8, 4) is 0 Å². The maximum Gasteiger partial charge on any atom is 0.175 e. The van der Waals surface area contributed by atoms with E-state index in [1.165, 1.54) is 32.2 Å². The number of nitrogens with zero attached hydrogens (tertiary/aromatic N) is 1. The predicted molar refractivity (Wildman–Crippen MR) is 87.5 cm³/mol. The number of likely N-dealkylation sites (tertiary alicyclic amines) is 1. The first-order valence-corrected chi connectivity index (χ1v) is 9.58. The number of rotatable bonds is 5. The van der Waals surface area contributed by atoms with Crippen LogP contribution in [-0.2, 0) is 9.84 Å². The van der Waals surface area contributed by atoms with E-state index in [1.54, 1.807) is 12.1 Å². The van der Waals surface area contributed by atoms with Crippen LogP contribution in [0, 0.1) is 5.92 Å². The van der Waals surface area contributed by atoms with E-state index in [2.05, 4.69) is 24.1 Å². The van der Waals surface area contributed by atoms with Crippen molar-refractivity contribution in [2.75, 3.05) is 31.2 Å². The minimum Gasteiger partial charge on any atom is -0.382 e. The largest absolute Gasteiger partial charge is 0.382 e. The van der Waals surface area contributed by atoms with Crippen molar-refractivity contribution in [3.63, 3.8) is 0 Å². The van der Waals surface area contributed by atoms with Gasteiger partial charge in [-0.15, -0.1) is 0 Å². The summed E-state index contributed by atoms with van der Waals surface area (Å²) in [7, 11) is -3.11. The monoisotopic (exact) mass is 310 g/mol. The first-order chi connectivity index (χ1) is 9.90. The summed E-state index contributed by atoms with van der Waals surface area (Å²) in [6, 6.07) is 7.46. The Morgan fingerprint density at radius 3 is 2.29 bits per heavy atom. The van der Waals surface area contributed by atoms with Crippen LogP contribution in [0.3, 0.4) is 0 Å². The van der Waals surface area contributed by atoms with Crippen molar-refractivity contribution < 1.29 is 8.42 Å². The Morgan fingerprint density at radius 1 is 1.24 bits per heavy atom. The molecule has 0 amide bonds. The highest BCUT2D eigenvalue weighted by Gasteiger charge is 2.23. The molecule has 2 rings (SSSR count). The molecule has 0 saturated carbocycles. The minimum absolute atomic E-state index is 0.372. The van der Waals surface area contributed by atoms with Crippen LogP contribution in [0.25, 0.3) is 0 Å². The van der Waals surface area contributed by atoms with Gasteiger partial charge in [0.05, 0.1) is 4.90 Å². The quantitative estimate of drug-likeness (QED) is 0.908. The van der Waals surface area contributed by atoms with Gasteiger partial charge in [0, 0.05) is 18.0 Å². The van der Waals surface area contributed by atoms with Crippen molar-refractivity contribution in [1.29, 1.82) is 0 Å². The zero-order chi connectivity index (χ0) is 15.5. The summed E-state index contributed by atoms with van der Waals surface area (Å²) in [5, 5.41) is 3.51. The van der Waals surface area contributed by atoms with Gasteiger partial charge in [0.2, 0.25) is 0 Å². The van der Waals surface area contributed by atoms with Crippen molar-refractivity contribution in [2.45, 2.75) is 37.6 Å². The molecule has 21 heavy (non-hydrogen) atoms. The Hall–Kier alpha value is -1.07. The Balaban J connectivity index is 1.92. The second kappa shape index (κ2) is 6.79. The van der Waals surface area contributed by atoms with Crippen LogP contribution in [0.4, 0.5) is 5.69 Å². The molecule has 1 aromatic rings. The summed E-state index contributed by atoms with van der Waals surface area (Å²) in [5.41, 5.74) is 0.993. The molecular weight excluding hydrogens is 284 g/mol. The first-order valence-electron chi connectivity index (χ1n) is 7.69. The Morgan fingerprint density at radius 2 is 1.81 bits per heavy atom. The van der Waals surface area contributed by atoms with E-state index >= 15 is 0 Å². The maximum atomic E-state index is 11.4. The lowest BCUT2D eigenvalue weighted by molar-refractivity contribution is 0.183. The Kier molecular flexibility index (Phi) is 5.27. The van der Waals surface area contributed by atoms with Crippen molar-refractivity contribution in [1.82, 2.24) is 4.90 Å². The van der Waals surface area contributed by atoms with E-state index in [-0.39, 0.29) is 0 Å². The first kappa shape index (κ1) is 16.3. The third-order valence-corrected chi connectivity index (χ3v) is 5.59. The SMILES string of the molecule is CCN1CCC(C(C)Nc2ccc(S(C)(=O)=O)cc2)CC1. The second-order valence-corrected chi connectivity index (χ2v) is 8.02. The summed E-state index contributed by atoms with van der Waals surface area (Å²) in [6.45, 7) is 7.93. The smallest absolute Gasteiger partial charge is 0.175 e. The molecule has 1 aromatic carbocycles. The van der Waals surface area contributed by atoms with E-state index < -0.39 is 9.84 Å². The molecule has 0 aromatic heterocycles. The summed E-state index contributed by atoms with van der Waals surface area (Å²) in [6.07, 6.45) is 3.69. The third kappa shape index (κ3) is 4.45. The van der Waals surface area contributed by atoms with Crippen LogP contribution >= 0.6 is 0 Å². The second-order valence-electron chi connectivity index (χ2n) is 6.00. The highest BCUT2D eigenvalue weighted by molar-refractivity contribution is 7.90. The molecule has 0 bridgehead atoms. The van der Waals surface area contributed by atoms with Gasteiger partial charge in [0.15, 0.2) is 9.84 Å². The molecule has 1 heterocycles. The number of piperidine rings is 1. The van der Waals surface area contributed by atoms with Crippen molar-refractivity contribution in [3.05, 3.63) is 24.3 Å². The molecule has 5 heteroatoms. The molecule has 0 radical (unpaired) electrons. The van der Waals surface area contributed by atoms with E-state index in [4.69, 9.17) is 0 Å². The van der Waals surface area contributed by atoms with Crippen LogP contribution < -0.4 is 5.32 Å². The number of anilines is 1. The van der Waals surface area contributed by atoms with Gasteiger partial charge in [-0.05, 0) is 69.6 Å². The molecule has 1 aliphatic heterocycles.